The van der Waals surface area contributed by atoms with E-state index in [0.717, 1.165) is 10.5 Å². The average molecular weight is 319 g/mol. The summed E-state index contributed by atoms with van der Waals surface area (Å²) in [6, 6.07) is 12.1. The van der Waals surface area contributed by atoms with E-state index in [4.69, 9.17) is 0 Å². The van der Waals surface area contributed by atoms with Crippen LogP contribution in [0.3, 0.4) is 0 Å². The number of hydrogen-bond acceptors (Lipinski definition) is 5. The predicted molar refractivity (Wildman–Crippen MR) is 85.6 cm³/mol. The summed E-state index contributed by atoms with van der Waals surface area (Å²) in [5, 5.41) is 0. The van der Waals surface area contributed by atoms with Crippen LogP contribution in [0.1, 0.15) is 5.56 Å². The Hall–Kier alpha value is -1.99. The first kappa shape index (κ1) is 14.0. The highest BCUT2D eigenvalue weighted by atomic mass is 32.2. The first-order valence-electron chi connectivity index (χ1n) is 6.24. The number of anilines is 1. The molecular weight excluding hydrogens is 306 g/mol. The topological polar surface area (TPSA) is 70.6 Å². The molecule has 5 nitrogen and oxygen atoms in total. The van der Waals surface area contributed by atoms with Crippen LogP contribution >= 0.6 is 11.9 Å². The van der Waals surface area contributed by atoms with Crippen LogP contribution in [-0.4, -0.2) is 14.8 Å². The fraction of sp³-hybridized carbons (Fsp3) is 0.0714. The second kappa shape index (κ2) is 5.42. The Bertz CT molecular complexity index is 799. The van der Waals surface area contributed by atoms with Gasteiger partial charge in [-0.2, -0.15) is 0 Å². The van der Waals surface area contributed by atoms with Crippen molar-refractivity contribution in [2.45, 2.75) is 16.7 Å². The molecule has 0 radical (unpaired) electrons. The van der Waals surface area contributed by atoms with Gasteiger partial charge in [0.15, 0.2) is 0 Å². The summed E-state index contributed by atoms with van der Waals surface area (Å²) in [5.41, 5.74) is 2.10. The Kier molecular flexibility index (Phi) is 3.60. The van der Waals surface area contributed by atoms with E-state index < -0.39 is 10.0 Å². The molecule has 0 aromatic heterocycles. The minimum absolute atomic E-state index is 0.233. The molecule has 0 aliphatic carbocycles. The molecule has 3 rings (SSSR count). The smallest absolute Gasteiger partial charge is 0.261 e. The third-order valence-electron chi connectivity index (χ3n) is 2.99. The monoisotopic (exact) mass is 319 g/mol. The van der Waals surface area contributed by atoms with E-state index in [9.17, 15) is 8.42 Å². The average Bonchev–Trinajstić information content (AvgIpc) is 2.48. The SMILES string of the molecule is Cc1ccc(S(=O)(=O)Nc2cccc3c2N=CNS3)cc1. The van der Waals surface area contributed by atoms with Crippen LogP contribution in [-0.2, 0) is 10.0 Å². The van der Waals surface area contributed by atoms with Gasteiger partial charge in [-0.15, -0.1) is 0 Å². The van der Waals surface area contributed by atoms with E-state index in [1.165, 1.54) is 18.3 Å². The van der Waals surface area contributed by atoms with Crippen LogP contribution < -0.4 is 9.44 Å². The van der Waals surface area contributed by atoms with Crippen molar-refractivity contribution in [2.24, 2.45) is 4.99 Å². The van der Waals surface area contributed by atoms with Gasteiger partial charge in [0.2, 0.25) is 0 Å². The molecule has 1 heterocycles. The Morgan fingerprint density at radius 3 is 2.67 bits per heavy atom. The highest BCUT2D eigenvalue weighted by Gasteiger charge is 2.18. The van der Waals surface area contributed by atoms with Gasteiger partial charge >= 0.3 is 0 Å². The summed E-state index contributed by atoms with van der Waals surface area (Å²) >= 11 is 1.39. The van der Waals surface area contributed by atoms with Crippen LogP contribution in [0.2, 0.25) is 0 Å². The molecule has 21 heavy (non-hydrogen) atoms. The quantitative estimate of drug-likeness (QED) is 0.853. The molecule has 0 atom stereocenters. The summed E-state index contributed by atoms with van der Waals surface area (Å²) < 4.78 is 30.3. The van der Waals surface area contributed by atoms with Crippen molar-refractivity contribution in [1.29, 1.82) is 0 Å². The lowest BCUT2D eigenvalue weighted by Gasteiger charge is -2.15. The van der Waals surface area contributed by atoms with Gasteiger partial charge < -0.3 is 4.72 Å². The number of rotatable bonds is 3. The summed E-state index contributed by atoms with van der Waals surface area (Å²) in [7, 11) is -3.62. The van der Waals surface area contributed by atoms with Gasteiger partial charge in [0.05, 0.1) is 21.8 Å². The number of fused-ring (bicyclic) bond motifs is 1. The number of benzene rings is 2. The lowest BCUT2D eigenvalue weighted by Crippen LogP contribution is -2.14. The summed E-state index contributed by atoms with van der Waals surface area (Å²) in [6.45, 7) is 1.91. The van der Waals surface area contributed by atoms with Gasteiger partial charge in [-0.05, 0) is 43.1 Å². The maximum absolute atomic E-state index is 12.4. The Morgan fingerprint density at radius 2 is 1.90 bits per heavy atom. The summed E-state index contributed by atoms with van der Waals surface area (Å²) in [6.07, 6.45) is 1.54. The van der Waals surface area contributed by atoms with Crippen molar-refractivity contribution in [3.63, 3.8) is 0 Å². The molecule has 0 spiro atoms. The molecule has 0 saturated carbocycles. The standard InChI is InChI=1S/C14H13N3O2S2/c1-10-5-7-11(8-6-10)21(18,19)17-12-3-2-4-13-14(12)15-9-16-20-13/h2-9,17H,1H3,(H,15,16). The zero-order valence-corrected chi connectivity index (χ0v) is 12.8. The minimum Gasteiger partial charge on any atom is -0.316 e. The fourth-order valence-corrected chi connectivity index (χ4v) is 3.63. The van der Waals surface area contributed by atoms with Gasteiger partial charge in [-0.25, -0.2) is 13.4 Å². The number of aryl methyl sites for hydroxylation is 1. The van der Waals surface area contributed by atoms with E-state index in [1.54, 1.807) is 36.4 Å². The molecule has 1 aliphatic rings. The zero-order valence-electron chi connectivity index (χ0n) is 11.2. The van der Waals surface area contributed by atoms with Gasteiger partial charge in [0.25, 0.3) is 10.0 Å². The number of hydrogen-bond donors (Lipinski definition) is 2. The molecule has 0 saturated heterocycles. The number of nitrogens with one attached hydrogen (secondary N) is 2. The van der Waals surface area contributed by atoms with Gasteiger partial charge in [0.1, 0.15) is 5.69 Å². The van der Waals surface area contributed by atoms with Crippen molar-refractivity contribution >= 4 is 39.7 Å². The first-order valence-corrected chi connectivity index (χ1v) is 8.54. The molecule has 0 bridgehead atoms. The van der Waals surface area contributed by atoms with Crippen molar-refractivity contribution in [3.8, 4) is 0 Å². The molecule has 1 aliphatic heterocycles. The van der Waals surface area contributed by atoms with E-state index in [0.29, 0.717) is 11.4 Å². The molecular formula is C14H13N3O2S2. The van der Waals surface area contributed by atoms with Crippen molar-refractivity contribution in [3.05, 3.63) is 48.0 Å². The Balaban J connectivity index is 1.97. The Morgan fingerprint density at radius 1 is 1.14 bits per heavy atom. The molecule has 2 N–H and O–H groups in total. The zero-order chi connectivity index (χ0) is 14.9. The normalized spacial score (nSPS) is 13.4. The van der Waals surface area contributed by atoms with Crippen LogP contribution in [0.15, 0.2) is 57.2 Å². The second-order valence-electron chi connectivity index (χ2n) is 4.55. The molecule has 0 amide bonds. The largest absolute Gasteiger partial charge is 0.316 e. The number of nitrogens with zero attached hydrogens (tertiary/aromatic N) is 1. The maximum atomic E-state index is 12.4. The van der Waals surface area contributed by atoms with Crippen LogP contribution in [0.25, 0.3) is 0 Å². The van der Waals surface area contributed by atoms with E-state index >= 15 is 0 Å². The van der Waals surface area contributed by atoms with Crippen molar-refractivity contribution in [1.82, 2.24) is 4.72 Å². The van der Waals surface area contributed by atoms with Crippen LogP contribution in [0.4, 0.5) is 11.4 Å². The second-order valence-corrected chi connectivity index (χ2v) is 7.11. The first-order chi connectivity index (χ1) is 10.1. The van der Waals surface area contributed by atoms with Crippen LogP contribution in [0, 0.1) is 6.92 Å². The lowest BCUT2D eigenvalue weighted by atomic mass is 10.2. The molecule has 7 heteroatoms. The molecule has 2 aromatic rings. The van der Waals surface area contributed by atoms with Gasteiger partial charge in [0, 0.05) is 0 Å². The van der Waals surface area contributed by atoms with Crippen molar-refractivity contribution in [2.75, 3.05) is 4.72 Å². The fourth-order valence-electron chi connectivity index (χ4n) is 1.92. The van der Waals surface area contributed by atoms with E-state index in [1.807, 2.05) is 13.0 Å². The molecule has 108 valence electrons. The van der Waals surface area contributed by atoms with Crippen LogP contribution in [0.5, 0.6) is 0 Å². The summed E-state index contributed by atoms with van der Waals surface area (Å²) in [4.78, 5) is 5.31. The predicted octanol–water partition coefficient (Wildman–Crippen LogP) is 3.07. The lowest BCUT2D eigenvalue weighted by molar-refractivity contribution is 0.601. The molecule has 0 unspecified atom stereocenters. The van der Waals surface area contributed by atoms with Gasteiger partial charge in [-0.3, -0.25) is 4.72 Å². The number of aliphatic imine (C=N–C) groups is 1. The molecule has 2 aromatic carbocycles. The number of para-hydroxylation sites is 1. The maximum Gasteiger partial charge on any atom is 0.261 e. The molecule has 0 fully saturated rings. The third-order valence-corrected chi connectivity index (χ3v) is 5.14. The van der Waals surface area contributed by atoms with E-state index in [-0.39, 0.29) is 4.90 Å². The van der Waals surface area contributed by atoms with Crippen molar-refractivity contribution < 1.29 is 8.42 Å². The highest BCUT2D eigenvalue weighted by Crippen LogP contribution is 2.37. The number of sulfonamides is 1. The Labute approximate surface area is 127 Å². The summed E-state index contributed by atoms with van der Waals surface area (Å²) in [5.74, 6) is 0. The highest BCUT2D eigenvalue weighted by molar-refractivity contribution is 7.98. The third kappa shape index (κ3) is 2.88. The van der Waals surface area contributed by atoms with E-state index in [2.05, 4.69) is 14.4 Å². The van der Waals surface area contributed by atoms with Gasteiger partial charge in [-0.1, -0.05) is 23.8 Å². The minimum atomic E-state index is -3.62.